The van der Waals surface area contributed by atoms with E-state index in [1.54, 1.807) is 11.3 Å². The molecule has 4 rings (SSSR count). The first-order valence-corrected chi connectivity index (χ1v) is 8.83. The van der Waals surface area contributed by atoms with Crippen molar-refractivity contribution in [3.05, 3.63) is 16.6 Å². The Morgan fingerprint density at radius 3 is 2.70 bits per heavy atom. The van der Waals surface area contributed by atoms with Crippen molar-refractivity contribution in [3.63, 3.8) is 0 Å². The molecule has 1 amide bonds. The molecule has 0 radical (unpaired) electrons. The van der Waals surface area contributed by atoms with Gasteiger partial charge in [-0.05, 0) is 44.2 Å². The fourth-order valence-corrected chi connectivity index (χ4v) is 4.96. The number of piperidine rings is 1. The molecule has 0 bridgehead atoms. The van der Waals surface area contributed by atoms with Gasteiger partial charge in [0, 0.05) is 32.1 Å². The molecular weight excluding hydrogens is 332 g/mol. The number of rotatable bonds is 1. The molecule has 0 aliphatic carbocycles. The van der Waals surface area contributed by atoms with Crippen molar-refractivity contribution in [2.75, 3.05) is 26.2 Å². The minimum atomic E-state index is 0. The third kappa shape index (κ3) is 2.77. The van der Waals surface area contributed by atoms with Crippen molar-refractivity contribution in [2.45, 2.75) is 26.2 Å². The Bertz CT molecular complexity index is 687. The van der Waals surface area contributed by atoms with Crippen LogP contribution in [0.2, 0.25) is 0 Å². The maximum absolute atomic E-state index is 12.8. The Morgan fingerprint density at radius 2 is 2.09 bits per heavy atom. The minimum absolute atomic E-state index is 0. The summed E-state index contributed by atoms with van der Waals surface area (Å²) in [5.74, 6) is 0.196. The zero-order chi connectivity index (χ0) is 15.3. The average molecular weight is 355 g/mol. The Kier molecular flexibility index (Phi) is 4.42. The predicted molar refractivity (Wildman–Crippen MR) is 95.6 cm³/mol. The normalized spacial score (nSPS) is 20.2. The predicted octanol–water partition coefficient (Wildman–Crippen LogP) is 2.58. The van der Waals surface area contributed by atoms with Crippen LogP contribution in [-0.2, 0) is 7.05 Å². The van der Waals surface area contributed by atoms with Gasteiger partial charge in [-0.3, -0.25) is 9.48 Å². The molecule has 2 aromatic heterocycles. The maximum Gasteiger partial charge on any atom is 0.264 e. The topological polar surface area (TPSA) is 50.2 Å². The number of fused-ring (bicyclic) bond motifs is 1. The van der Waals surface area contributed by atoms with Gasteiger partial charge < -0.3 is 10.2 Å². The van der Waals surface area contributed by atoms with Crippen molar-refractivity contribution in [1.29, 1.82) is 0 Å². The number of aromatic nitrogens is 2. The van der Waals surface area contributed by atoms with Crippen molar-refractivity contribution >= 4 is 39.9 Å². The lowest BCUT2D eigenvalue weighted by Crippen LogP contribution is -2.43. The number of nitrogens with zero attached hydrogens (tertiary/aromatic N) is 3. The van der Waals surface area contributed by atoms with Gasteiger partial charge >= 0.3 is 0 Å². The summed E-state index contributed by atoms with van der Waals surface area (Å²) < 4.78 is 1.88. The molecule has 0 unspecified atom stereocenters. The molecule has 2 aliphatic rings. The van der Waals surface area contributed by atoms with Crippen molar-refractivity contribution in [2.24, 2.45) is 12.5 Å². The van der Waals surface area contributed by atoms with Gasteiger partial charge in [-0.25, -0.2) is 0 Å². The quantitative estimate of drug-likeness (QED) is 0.856. The Balaban J connectivity index is 0.00000156. The first-order chi connectivity index (χ1) is 10.6. The fraction of sp³-hybridized carbons (Fsp3) is 0.625. The molecule has 5 nitrogen and oxygen atoms in total. The number of halogens is 1. The van der Waals surface area contributed by atoms with Crippen LogP contribution in [0.5, 0.6) is 0 Å². The number of likely N-dealkylation sites (tertiary alicyclic amines) is 1. The second kappa shape index (κ2) is 6.07. The van der Waals surface area contributed by atoms with Gasteiger partial charge in [0.2, 0.25) is 0 Å². The van der Waals surface area contributed by atoms with Gasteiger partial charge in [0.25, 0.3) is 5.91 Å². The summed E-state index contributed by atoms with van der Waals surface area (Å²) >= 11 is 1.57. The smallest absolute Gasteiger partial charge is 0.264 e. The van der Waals surface area contributed by atoms with Gasteiger partial charge in [0.15, 0.2) is 0 Å². The first-order valence-electron chi connectivity index (χ1n) is 8.01. The largest absolute Gasteiger partial charge is 0.338 e. The lowest BCUT2D eigenvalue weighted by molar-refractivity contribution is 0.0612. The van der Waals surface area contributed by atoms with E-state index in [1.165, 1.54) is 6.42 Å². The zero-order valence-electron chi connectivity index (χ0n) is 13.6. The highest BCUT2D eigenvalue weighted by atomic mass is 35.5. The van der Waals surface area contributed by atoms with Gasteiger partial charge in [0.05, 0.1) is 10.6 Å². The van der Waals surface area contributed by atoms with Crippen LogP contribution < -0.4 is 5.32 Å². The second-order valence-electron chi connectivity index (χ2n) is 6.76. The monoisotopic (exact) mass is 354 g/mol. The molecule has 7 heteroatoms. The van der Waals surface area contributed by atoms with Crippen molar-refractivity contribution < 1.29 is 4.79 Å². The SMILES string of the molecule is Cc1nn(C)c2sc(C(=O)N3CCC4(CCNC4)CC3)cc12.Cl. The fourth-order valence-electron chi connectivity index (χ4n) is 3.87. The molecule has 126 valence electrons. The summed E-state index contributed by atoms with van der Waals surface area (Å²) in [5, 5.41) is 9.00. The third-order valence-electron chi connectivity index (χ3n) is 5.35. The lowest BCUT2D eigenvalue weighted by atomic mass is 9.78. The van der Waals surface area contributed by atoms with Crippen LogP contribution in [0, 0.1) is 12.3 Å². The van der Waals surface area contributed by atoms with Crippen LogP contribution in [0.15, 0.2) is 6.07 Å². The maximum atomic E-state index is 12.8. The summed E-state index contributed by atoms with van der Waals surface area (Å²) in [6.45, 7) is 6.05. The van der Waals surface area contributed by atoms with E-state index >= 15 is 0 Å². The Morgan fingerprint density at radius 1 is 1.35 bits per heavy atom. The Labute approximate surface area is 146 Å². The van der Waals surface area contributed by atoms with E-state index < -0.39 is 0 Å². The standard InChI is InChI=1S/C16H22N4OS.ClH/c1-11-12-9-13(22-15(12)19(2)18-11)14(21)20-7-4-16(5-8-20)3-6-17-10-16;/h9,17H,3-8,10H2,1-2H3;1H. The minimum Gasteiger partial charge on any atom is -0.338 e. The van der Waals surface area contributed by atoms with Crippen LogP contribution in [0.1, 0.15) is 34.6 Å². The number of hydrogen-bond acceptors (Lipinski definition) is 4. The van der Waals surface area contributed by atoms with Crippen molar-refractivity contribution in [3.8, 4) is 0 Å². The molecular formula is C16H23ClN4OS. The highest BCUT2D eigenvalue weighted by molar-refractivity contribution is 7.20. The molecule has 0 saturated carbocycles. The molecule has 23 heavy (non-hydrogen) atoms. The molecule has 2 aliphatic heterocycles. The summed E-state index contributed by atoms with van der Waals surface area (Å²) in [6, 6.07) is 2.02. The number of nitrogens with one attached hydrogen (secondary N) is 1. The second-order valence-corrected chi connectivity index (χ2v) is 7.79. The van der Waals surface area contributed by atoms with Crippen molar-refractivity contribution in [1.82, 2.24) is 20.0 Å². The van der Waals surface area contributed by atoms with E-state index in [0.717, 1.165) is 59.8 Å². The van der Waals surface area contributed by atoms with Crippen LogP contribution in [0.25, 0.3) is 10.2 Å². The average Bonchev–Trinajstić information content (AvgIpc) is 3.19. The first kappa shape index (κ1) is 16.7. The highest BCUT2D eigenvalue weighted by Crippen LogP contribution is 2.38. The van der Waals surface area contributed by atoms with Gasteiger partial charge in [0.1, 0.15) is 4.83 Å². The Hall–Kier alpha value is -1.11. The van der Waals surface area contributed by atoms with Gasteiger partial charge in [-0.2, -0.15) is 5.10 Å². The summed E-state index contributed by atoms with van der Waals surface area (Å²) in [4.78, 5) is 16.8. The van der Waals surface area contributed by atoms with Crippen LogP contribution >= 0.6 is 23.7 Å². The number of amides is 1. The van der Waals surface area contributed by atoms with Gasteiger partial charge in [-0.1, -0.05) is 0 Å². The third-order valence-corrected chi connectivity index (χ3v) is 6.54. The molecule has 2 saturated heterocycles. The van der Waals surface area contributed by atoms with E-state index in [0.29, 0.717) is 5.41 Å². The van der Waals surface area contributed by atoms with E-state index in [4.69, 9.17) is 0 Å². The molecule has 1 N–H and O–H groups in total. The molecule has 0 atom stereocenters. The number of carbonyl (C=O) groups excluding carboxylic acids is 1. The summed E-state index contributed by atoms with van der Waals surface area (Å²) in [7, 11) is 1.94. The van der Waals surface area contributed by atoms with E-state index in [2.05, 4.69) is 10.4 Å². The zero-order valence-corrected chi connectivity index (χ0v) is 15.2. The van der Waals surface area contributed by atoms with E-state index in [-0.39, 0.29) is 18.3 Å². The molecule has 4 heterocycles. The molecule has 2 fully saturated rings. The molecule has 0 aromatic carbocycles. The van der Waals surface area contributed by atoms with E-state index in [1.807, 2.05) is 29.6 Å². The van der Waals surface area contributed by atoms with Crippen LogP contribution in [0.4, 0.5) is 0 Å². The van der Waals surface area contributed by atoms with E-state index in [9.17, 15) is 4.79 Å². The lowest BCUT2D eigenvalue weighted by Gasteiger charge is -2.38. The van der Waals surface area contributed by atoms with Gasteiger partial charge in [-0.15, -0.1) is 23.7 Å². The summed E-state index contributed by atoms with van der Waals surface area (Å²) in [6.07, 6.45) is 3.54. The summed E-state index contributed by atoms with van der Waals surface area (Å²) in [5.41, 5.74) is 1.46. The molecule has 1 spiro atoms. The molecule has 2 aromatic rings. The number of hydrogen-bond donors (Lipinski definition) is 1. The van der Waals surface area contributed by atoms with Crippen LogP contribution in [-0.4, -0.2) is 46.8 Å². The number of carbonyl (C=O) groups is 1. The number of thiophene rings is 1. The highest BCUT2D eigenvalue weighted by Gasteiger charge is 2.38. The number of aryl methyl sites for hydroxylation is 2. The van der Waals surface area contributed by atoms with Crippen LogP contribution in [0.3, 0.4) is 0 Å².